The summed E-state index contributed by atoms with van der Waals surface area (Å²) in [5.41, 5.74) is 3.78. The molecular weight excluding hydrogens is 228 g/mol. The van der Waals surface area contributed by atoms with E-state index < -0.39 is 0 Å². The zero-order valence-corrected chi connectivity index (χ0v) is 9.93. The molecule has 1 aliphatic heterocycles. The summed E-state index contributed by atoms with van der Waals surface area (Å²) in [5.74, 6) is 9.14. The standard InChI is InChI=1S/C9H14N4S2/c10-13-9(7-5-11-1-2-12-7)8-6-14-3-4-15-8/h1-2,5,8-9,13H,3-4,6,10H2. The van der Waals surface area contributed by atoms with Gasteiger partial charge in [-0.3, -0.25) is 21.2 Å². The van der Waals surface area contributed by atoms with Gasteiger partial charge in [0.1, 0.15) is 0 Å². The molecule has 0 saturated carbocycles. The lowest BCUT2D eigenvalue weighted by molar-refractivity contribution is 0.537. The van der Waals surface area contributed by atoms with Gasteiger partial charge >= 0.3 is 0 Å². The number of hydrogen-bond acceptors (Lipinski definition) is 6. The number of hydrogen-bond donors (Lipinski definition) is 2. The van der Waals surface area contributed by atoms with Crippen LogP contribution in [0.4, 0.5) is 0 Å². The van der Waals surface area contributed by atoms with Crippen LogP contribution in [0.3, 0.4) is 0 Å². The minimum Gasteiger partial charge on any atom is -0.271 e. The molecule has 4 nitrogen and oxygen atoms in total. The molecule has 6 heteroatoms. The van der Waals surface area contributed by atoms with Gasteiger partial charge in [0.05, 0.1) is 17.9 Å². The van der Waals surface area contributed by atoms with Gasteiger partial charge in [-0.05, 0) is 0 Å². The van der Waals surface area contributed by atoms with Crippen molar-refractivity contribution >= 4 is 23.5 Å². The highest BCUT2D eigenvalue weighted by Crippen LogP contribution is 2.32. The first-order valence-corrected chi connectivity index (χ1v) is 7.03. The highest BCUT2D eigenvalue weighted by Gasteiger charge is 2.26. The molecule has 3 N–H and O–H groups in total. The van der Waals surface area contributed by atoms with Crippen LogP contribution >= 0.6 is 23.5 Å². The maximum absolute atomic E-state index is 5.60. The minimum atomic E-state index is 0.108. The predicted octanol–water partition coefficient (Wildman–Crippen LogP) is 0.830. The van der Waals surface area contributed by atoms with Crippen molar-refractivity contribution in [2.24, 2.45) is 5.84 Å². The summed E-state index contributed by atoms with van der Waals surface area (Å²) >= 11 is 3.94. The summed E-state index contributed by atoms with van der Waals surface area (Å²) < 4.78 is 0. The number of nitrogens with zero attached hydrogens (tertiary/aromatic N) is 2. The van der Waals surface area contributed by atoms with Gasteiger partial charge < -0.3 is 0 Å². The smallest absolute Gasteiger partial charge is 0.0781 e. The highest BCUT2D eigenvalue weighted by atomic mass is 32.2. The van der Waals surface area contributed by atoms with Crippen molar-refractivity contribution < 1.29 is 0 Å². The molecule has 15 heavy (non-hydrogen) atoms. The maximum atomic E-state index is 5.60. The summed E-state index contributed by atoms with van der Waals surface area (Å²) in [4.78, 5) is 8.37. The van der Waals surface area contributed by atoms with E-state index in [1.165, 1.54) is 11.5 Å². The average Bonchev–Trinajstić information content (AvgIpc) is 2.33. The number of thioether (sulfide) groups is 2. The molecule has 0 aliphatic carbocycles. The molecule has 1 aliphatic rings. The molecule has 0 spiro atoms. The predicted molar refractivity (Wildman–Crippen MR) is 65.7 cm³/mol. The fourth-order valence-corrected chi connectivity index (χ4v) is 4.39. The van der Waals surface area contributed by atoms with Gasteiger partial charge in [0.25, 0.3) is 0 Å². The highest BCUT2D eigenvalue weighted by molar-refractivity contribution is 8.06. The van der Waals surface area contributed by atoms with E-state index in [2.05, 4.69) is 15.4 Å². The Morgan fingerprint density at radius 1 is 1.47 bits per heavy atom. The van der Waals surface area contributed by atoms with E-state index in [0.29, 0.717) is 5.25 Å². The summed E-state index contributed by atoms with van der Waals surface area (Å²) in [6, 6.07) is 0.108. The first-order valence-electron chi connectivity index (χ1n) is 4.83. The van der Waals surface area contributed by atoms with Crippen molar-refractivity contribution in [1.82, 2.24) is 15.4 Å². The molecular formula is C9H14N4S2. The van der Waals surface area contributed by atoms with Crippen molar-refractivity contribution in [2.75, 3.05) is 17.3 Å². The van der Waals surface area contributed by atoms with Crippen molar-refractivity contribution in [3.8, 4) is 0 Å². The van der Waals surface area contributed by atoms with E-state index in [1.807, 2.05) is 23.5 Å². The Morgan fingerprint density at radius 3 is 3.00 bits per heavy atom. The van der Waals surface area contributed by atoms with Crippen LogP contribution in [0.1, 0.15) is 11.7 Å². The Balaban J connectivity index is 2.09. The molecule has 2 heterocycles. The molecule has 1 aromatic rings. The number of nitrogens with one attached hydrogen (secondary N) is 1. The van der Waals surface area contributed by atoms with Gasteiger partial charge in [-0.2, -0.15) is 23.5 Å². The number of nitrogens with two attached hydrogens (primary N) is 1. The number of rotatable bonds is 3. The fraction of sp³-hybridized carbons (Fsp3) is 0.556. The largest absolute Gasteiger partial charge is 0.271 e. The van der Waals surface area contributed by atoms with E-state index in [1.54, 1.807) is 18.6 Å². The lowest BCUT2D eigenvalue weighted by Crippen LogP contribution is -2.38. The third kappa shape index (κ3) is 2.84. The zero-order valence-electron chi connectivity index (χ0n) is 8.30. The van der Waals surface area contributed by atoms with Crippen LogP contribution in [0.25, 0.3) is 0 Å². The summed E-state index contributed by atoms with van der Waals surface area (Å²) in [5, 5.41) is 0.491. The van der Waals surface area contributed by atoms with Gasteiger partial charge in [-0.25, -0.2) is 0 Å². The quantitative estimate of drug-likeness (QED) is 0.604. The van der Waals surface area contributed by atoms with Crippen LogP contribution in [0.2, 0.25) is 0 Å². The lowest BCUT2D eigenvalue weighted by atomic mass is 10.1. The normalized spacial score (nSPS) is 23.7. The molecule has 2 atom stereocenters. The van der Waals surface area contributed by atoms with Crippen molar-refractivity contribution in [3.63, 3.8) is 0 Å². The Hall–Kier alpha value is -0.300. The first-order chi connectivity index (χ1) is 7.42. The van der Waals surface area contributed by atoms with Gasteiger partial charge in [0, 0.05) is 34.9 Å². The minimum absolute atomic E-state index is 0.108. The Morgan fingerprint density at radius 2 is 2.40 bits per heavy atom. The maximum Gasteiger partial charge on any atom is 0.0781 e. The molecule has 0 bridgehead atoms. The lowest BCUT2D eigenvalue weighted by Gasteiger charge is -2.28. The number of aromatic nitrogens is 2. The van der Waals surface area contributed by atoms with Crippen LogP contribution in [0, 0.1) is 0 Å². The molecule has 2 unspecified atom stereocenters. The molecule has 1 saturated heterocycles. The molecule has 2 rings (SSSR count). The molecule has 0 radical (unpaired) electrons. The van der Waals surface area contributed by atoms with Gasteiger partial charge in [0.15, 0.2) is 0 Å². The number of hydrazine groups is 1. The fourth-order valence-electron chi connectivity index (χ4n) is 1.55. The second kappa shape index (κ2) is 5.69. The van der Waals surface area contributed by atoms with Gasteiger partial charge in [-0.15, -0.1) is 0 Å². The average molecular weight is 242 g/mol. The van der Waals surface area contributed by atoms with E-state index >= 15 is 0 Å². The zero-order chi connectivity index (χ0) is 10.5. The van der Waals surface area contributed by atoms with Gasteiger partial charge in [-0.1, -0.05) is 0 Å². The second-order valence-electron chi connectivity index (χ2n) is 3.26. The van der Waals surface area contributed by atoms with Crippen LogP contribution in [-0.4, -0.2) is 32.5 Å². The molecule has 82 valence electrons. The third-order valence-corrected chi connectivity index (χ3v) is 5.16. The first kappa shape index (κ1) is 11.2. The van der Waals surface area contributed by atoms with Crippen LogP contribution in [0.15, 0.2) is 18.6 Å². The van der Waals surface area contributed by atoms with Gasteiger partial charge in [0.2, 0.25) is 0 Å². The summed E-state index contributed by atoms with van der Waals surface area (Å²) in [6.45, 7) is 0. The Bertz CT molecular complexity index is 289. The van der Waals surface area contributed by atoms with Crippen LogP contribution < -0.4 is 11.3 Å². The molecule has 0 amide bonds. The van der Waals surface area contributed by atoms with Crippen molar-refractivity contribution in [2.45, 2.75) is 11.3 Å². The monoisotopic (exact) mass is 242 g/mol. The summed E-state index contributed by atoms with van der Waals surface area (Å²) in [7, 11) is 0. The van der Waals surface area contributed by atoms with E-state index in [-0.39, 0.29) is 6.04 Å². The van der Waals surface area contributed by atoms with E-state index in [9.17, 15) is 0 Å². The van der Waals surface area contributed by atoms with Crippen molar-refractivity contribution in [1.29, 1.82) is 0 Å². The Labute approximate surface area is 97.8 Å². The molecule has 0 aromatic carbocycles. The molecule has 1 fully saturated rings. The van der Waals surface area contributed by atoms with Crippen LogP contribution in [0.5, 0.6) is 0 Å². The topological polar surface area (TPSA) is 63.8 Å². The third-order valence-electron chi connectivity index (χ3n) is 2.29. The summed E-state index contributed by atoms with van der Waals surface area (Å²) in [6.07, 6.45) is 5.17. The van der Waals surface area contributed by atoms with E-state index in [4.69, 9.17) is 5.84 Å². The van der Waals surface area contributed by atoms with Crippen LogP contribution in [-0.2, 0) is 0 Å². The Kier molecular flexibility index (Phi) is 4.25. The SMILES string of the molecule is NNC(c1cnccn1)C1CSCCS1. The van der Waals surface area contributed by atoms with Crippen molar-refractivity contribution in [3.05, 3.63) is 24.3 Å². The van der Waals surface area contributed by atoms with E-state index in [0.717, 1.165) is 11.4 Å². The molecule has 1 aromatic heterocycles. The second-order valence-corrected chi connectivity index (χ2v) is 5.76.